The summed E-state index contributed by atoms with van der Waals surface area (Å²) in [7, 11) is 2.76. The standard InChI is InChI=1S/C11H20F3NO3/c1-7(18-8(2)11(12,13)14)6-10(3,15-4)9(16)17-5/h7-8,15H,6H2,1-5H3. The van der Waals surface area contributed by atoms with Crippen LogP contribution in [0.4, 0.5) is 13.2 Å². The number of likely N-dealkylation sites (N-methyl/N-ethyl adjacent to an activating group) is 1. The molecule has 18 heavy (non-hydrogen) atoms. The fourth-order valence-electron chi connectivity index (χ4n) is 1.56. The molecule has 0 bridgehead atoms. The van der Waals surface area contributed by atoms with Gasteiger partial charge in [-0.2, -0.15) is 13.2 Å². The molecule has 0 rings (SSSR count). The summed E-state index contributed by atoms with van der Waals surface area (Å²) in [5.74, 6) is -0.542. The van der Waals surface area contributed by atoms with Crippen molar-refractivity contribution in [3.05, 3.63) is 0 Å². The van der Waals surface area contributed by atoms with E-state index in [4.69, 9.17) is 4.74 Å². The predicted octanol–water partition coefficient (Wildman–Crippen LogP) is 1.88. The Morgan fingerprint density at radius 2 is 1.83 bits per heavy atom. The number of halogens is 3. The SMILES string of the molecule is CNC(C)(CC(C)OC(C)C(F)(F)F)C(=O)OC. The molecule has 4 nitrogen and oxygen atoms in total. The lowest BCUT2D eigenvalue weighted by atomic mass is 9.95. The van der Waals surface area contributed by atoms with Gasteiger partial charge in [0.2, 0.25) is 0 Å². The van der Waals surface area contributed by atoms with Crippen molar-refractivity contribution in [2.45, 2.75) is 51.1 Å². The van der Waals surface area contributed by atoms with Crippen molar-refractivity contribution in [3.63, 3.8) is 0 Å². The van der Waals surface area contributed by atoms with Gasteiger partial charge in [0.15, 0.2) is 6.10 Å². The second kappa shape index (κ2) is 6.38. The molecule has 0 spiro atoms. The van der Waals surface area contributed by atoms with Gasteiger partial charge in [0.1, 0.15) is 5.54 Å². The maximum absolute atomic E-state index is 12.3. The van der Waals surface area contributed by atoms with Crippen LogP contribution in [0.2, 0.25) is 0 Å². The predicted molar refractivity (Wildman–Crippen MR) is 60.2 cm³/mol. The molecular weight excluding hydrogens is 251 g/mol. The third-order valence-corrected chi connectivity index (χ3v) is 2.78. The number of ether oxygens (including phenoxy) is 2. The van der Waals surface area contributed by atoms with E-state index in [2.05, 4.69) is 10.1 Å². The highest BCUT2D eigenvalue weighted by atomic mass is 19.4. The van der Waals surface area contributed by atoms with Gasteiger partial charge in [-0.3, -0.25) is 4.79 Å². The molecular formula is C11H20F3NO3. The van der Waals surface area contributed by atoms with Crippen molar-refractivity contribution in [3.8, 4) is 0 Å². The average molecular weight is 271 g/mol. The van der Waals surface area contributed by atoms with Gasteiger partial charge in [-0.1, -0.05) is 0 Å². The Balaban J connectivity index is 4.55. The molecule has 0 aromatic carbocycles. The Morgan fingerprint density at radius 1 is 1.33 bits per heavy atom. The van der Waals surface area contributed by atoms with Gasteiger partial charge < -0.3 is 14.8 Å². The van der Waals surface area contributed by atoms with Crippen LogP contribution in [0.3, 0.4) is 0 Å². The number of rotatable bonds is 6. The minimum absolute atomic E-state index is 0.0800. The zero-order valence-corrected chi connectivity index (χ0v) is 11.2. The van der Waals surface area contributed by atoms with Crippen LogP contribution >= 0.6 is 0 Å². The van der Waals surface area contributed by atoms with Crippen LogP contribution in [0.5, 0.6) is 0 Å². The number of carbonyl (C=O) groups is 1. The summed E-state index contributed by atoms with van der Waals surface area (Å²) in [5, 5.41) is 2.74. The van der Waals surface area contributed by atoms with Gasteiger partial charge in [0.25, 0.3) is 0 Å². The first-order valence-corrected chi connectivity index (χ1v) is 5.56. The monoisotopic (exact) mass is 271 g/mol. The van der Waals surface area contributed by atoms with Crippen molar-refractivity contribution in [1.29, 1.82) is 0 Å². The molecule has 0 aliphatic carbocycles. The Kier molecular flexibility index (Phi) is 6.09. The molecule has 0 saturated heterocycles. The van der Waals surface area contributed by atoms with E-state index in [9.17, 15) is 18.0 Å². The van der Waals surface area contributed by atoms with E-state index in [0.717, 1.165) is 6.92 Å². The quantitative estimate of drug-likeness (QED) is 0.749. The zero-order valence-electron chi connectivity index (χ0n) is 11.2. The molecule has 0 saturated carbocycles. The molecule has 0 aromatic heterocycles. The number of esters is 1. The van der Waals surface area contributed by atoms with Crippen molar-refractivity contribution in [1.82, 2.24) is 5.32 Å². The number of carbonyl (C=O) groups excluding carboxylic acids is 1. The van der Waals surface area contributed by atoms with Crippen molar-refractivity contribution < 1.29 is 27.4 Å². The summed E-state index contributed by atoms with van der Waals surface area (Å²) in [6.45, 7) is 3.98. The molecule has 3 atom stereocenters. The number of alkyl halides is 3. The molecule has 0 amide bonds. The number of methoxy groups -OCH3 is 1. The normalized spacial score (nSPS) is 18.9. The first kappa shape index (κ1) is 17.2. The fourth-order valence-corrected chi connectivity index (χ4v) is 1.56. The Morgan fingerprint density at radius 3 is 2.17 bits per heavy atom. The van der Waals surface area contributed by atoms with Crippen LogP contribution in [-0.2, 0) is 14.3 Å². The second-order valence-corrected chi connectivity index (χ2v) is 4.41. The third kappa shape index (κ3) is 4.81. The summed E-state index contributed by atoms with van der Waals surface area (Å²) in [6, 6.07) is 0. The smallest absolute Gasteiger partial charge is 0.414 e. The Bertz CT molecular complexity index is 283. The number of hydrogen-bond donors (Lipinski definition) is 1. The highest BCUT2D eigenvalue weighted by Gasteiger charge is 2.40. The van der Waals surface area contributed by atoms with Crippen molar-refractivity contribution in [2.24, 2.45) is 0 Å². The highest BCUT2D eigenvalue weighted by molar-refractivity contribution is 5.80. The summed E-state index contributed by atoms with van der Waals surface area (Å²) < 4.78 is 46.4. The van der Waals surface area contributed by atoms with Crippen molar-refractivity contribution in [2.75, 3.05) is 14.2 Å². The first-order chi connectivity index (χ1) is 8.06. The van der Waals surface area contributed by atoms with E-state index in [0.29, 0.717) is 0 Å². The molecule has 108 valence electrons. The molecule has 0 aliphatic heterocycles. The topological polar surface area (TPSA) is 47.6 Å². The molecule has 0 fully saturated rings. The molecule has 0 aromatic rings. The van der Waals surface area contributed by atoms with Gasteiger partial charge in [0, 0.05) is 6.42 Å². The summed E-state index contributed by atoms with van der Waals surface area (Å²) in [4.78, 5) is 11.5. The molecule has 1 N–H and O–H groups in total. The lowest BCUT2D eigenvalue weighted by Gasteiger charge is -2.30. The fraction of sp³-hybridized carbons (Fsp3) is 0.909. The van der Waals surface area contributed by atoms with E-state index < -0.39 is 29.9 Å². The van der Waals surface area contributed by atoms with Crippen LogP contribution in [0.15, 0.2) is 0 Å². The average Bonchev–Trinajstić information content (AvgIpc) is 2.26. The van der Waals surface area contributed by atoms with E-state index in [-0.39, 0.29) is 6.42 Å². The Hall–Kier alpha value is -0.820. The largest absolute Gasteiger partial charge is 0.468 e. The number of hydrogen-bond acceptors (Lipinski definition) is 4. The molecule has 0 aliphatic rings. The van der Waals surface area contributed by atoms with E-state index in [1.165, 1.54) is 21.1 Å². The molecule has 0 heterocycles. The van der Waals surface area contributed by atoms with Crippen LogP contribution in [0.1, 0.15) is 27.2 Å². The van der Waals surface area contributed by atoms with Gasteiger partial charge in [-0.15, -0.1) is 0 Å². The van der Waals surface area contributed by atoms with Crippen LogP contribution < -0.4 is 5.32 Å². The van der Waals surface area contributed by atoms with Gasteiger partial charge in [0.05, 0.1) is 13.2 Å². The minimum atomic E-state index is -4.41. The Labute approximate surface area is 105 Å². The van der Waals surface area contributed by atoms with Crippen LogP contribution in [0.25, 0.3) is 0 Å². The van der Waals surface area contributed by atoms with Gasteiger partial charge >= 0.3 is 12.1 Å². The van der Waals surface area contributed by atoms with Gasteiger partial charge in [-0.05, 0) is 27.8 Å². The van der Waals surface area contributed by atoms with E-state index in [1.807, 2.05) is 0 Å². The first-order valence-electron chi connectivity index (χ1n) is 5.56. The van der Waals surface area contributed by atoms with E-state index in [1.54, 1.807) is 6.92 Å². The lowest BCUT2D eigenvalue weighted by Crippen LogP contribution is -2.51. The molecule has 7 heteroatoms. The summed E-state index contributed by atoms with van der Waals surface area (Å²) in [5.41, 5.74) is -1.07. The lowest BCUT2D eigenvalue weighted by molar-refractivity contribution is -0.226. The summed E-state index contributed by atoms with van der Waals surface area (Å²) >= 11 is 0. The van der Waals surface area contributed by atoms with Crippen LogP contribution in [-0.4, -0.2) is 44.0 Å². The van der Waals surface area contributed by atoms with Crippen molar-refractivity contribution >= 4 is 5.97 Å². The maximum atomic E-state index is 12.3. The third-order valence-electron chi connectivity index (χ3n) is 2.78. The maximum Gasteiger partial charge on any atom is 0.414 e. The molecule has 0 radical (unpaired) electrons. The molecule has 3 unspecified atom stereocenters. The van der Waals surface area contributed by atoms with E-state index >= 15 is 0 Å². The minimum Gasteiger partial charge on any atom is -0.468 e. The second-order valence-electron chi connectivity index (χ2n) is 4.41. The highest BCUT2D eigenvalue weighted by Crippen LogP contribution is 2.25. The zero-order chi connectivity index (χ0) is 14.6. The number of nitrogens with one attached hydrogen (secondary N) is 1. The van der Waals surface area contributed by atoms with Gasteiger partial charge in [-0.25, -0.2) is 0 Å². The van der Waals surface area contributed by atoms with Crippen LogP contribution in [0, 0.1) is 0 Å². The summed E-state index contributed by atoms with van der Waals surface area (Å²) in [6.07, 6.45) is -6.93.